The Morgan fingerprint density at radius 1 is 1.50 bits per heavy atom. The van der Waals surface area contributed by atoms with E-state index < -0.39 is 0 Å². The molecule has 0 unspecified atom stereocenters. The maximum atomic E-state index is 5.55. The van der Waals surface area contributed by atoms with Crippen molar-refractivity contribution in [1.82, 2.24) is 14.5 Å². The van der Waals surface area contributed by atoms with Crippen LogP contribution in [0.25, 0.3) is 11.2 Å². The Balaban J connectivity index is 2.81. The molecule has 0 saturated heterocycles. The summed E-state index contributed by atoms with van der Waals surface area (Å²) in [5.41, 5.74) is 8.38. The fraction of sp³-hybridized carbons (Fsp3) is 0.250. The van der Waals surface area contributed by atoms with Gasteiger partial charge in [-0.25, -0.2) is 9.97 Å². The summed E-state index contributed by atoms with van der Waals surface area (Å²) in [4.78, 5) is 8.40. The molecule has 0 fully saturated rings. The van der Waals surface area contributed by atoms with Crippen LogP contribution in [0.2, 0.25) is 0 Å². The minimum absolute atomic E-state index is 0.510. The monoisotopic (exact) mass is 162 g/mol. The molecule has 4 heteroatoms. The van der Waals surface area contributed by atoms with Crippen LogP contribution in [-0.2, 0) is 13.6 Å². The first-order valence-corrected chi connectivity index (χ1v) is 3.78. The van der Waals surface area contributed by atoms with Crippen LogP contribution in [0, 0.1) is 0 Å². The number of nitrogens with zero attached hydrogens (tertiary/aromatic N) is 3. The number of nitrogens with two attached hydrogens (primary N) is 1. The Morgan fingerprint density at radius 2 is 2.33 bits per heavy atom. The van der Waals surface area contributed by atoms with Crippen LogP contribution in [0.15, 0.2) is 18.6 Å². The van der Waals surface area contributed by atoms with Crippen molar-refractivity contribution in [2.45, 2.75) is 6.54 Å². The van der Waals surface area contributed by atoms with Crippen molar-refractivity contribution in [3.63, 3.8) is 0 Å². The molecule has 0 amide bonds. The summed E-state index contributed by atoms with van der Waals surface area (Å²) in [6.45, 7) is 0.510. The van der Waals surface area contributed by atoms with Crippen LogP contribution >= 0.6 is 0 Å². The molecule has 0 aliphatic rings. The lowest BCUT2D eigenvalue weighted by Crippen LogP contribution is -1.98. The molecular formula is C8H10N4. The van der Waals surface area contributed by atoms with Gasteiger partial charge in [0.1, 0.15) is 5.52 Å². The number of pyridine rings is 1. The summed E-state index contributed by atoms with van der Waals surface area (Å²) in [5.74, 6) is 0. The van der Waals surface area contributed by atoms with E-state index in [1.54, 1.807) is 12.5 Å². The molecule has 2 rings (SSSR count). The van der Waals surface area contributed by atoms with Crippen molar-refractivity contribution in [2.24, 2.45) is 12.8 Å². The van der Waals surface area contributed by atoms with Crippen LogP contribution in [-0.4, -0.2) is 14.5 Å². The zero-order valence-electron chi connectivity index (χ0n) is 6.86. The first kappa shape index (κ1) is 7.24. The molecule has 0 radical (unpaired) electrons. The summed E-state index contributed by atoms with van der Waals surface area (Å²) in [6.07, 6.45) is 3.50. The molecule has 0 spiro atoms. The number of fused-ring (bicyclic) bond motifs is 1. The predicted molar refractivity (Wildman–Crippen MR) is 46.4 cm³/mol. The minimum atomic E-state index is 0.510. The van der Waals surface area contributed by atoms with Gasteiger partial charge in [-0.3, -0.25) is 0 Å². The molecule has 4 nitrogen and oxygen atoms in total. The second-order valence-electron chi connectivity index (χ2n) is 2.70. The number of hydrogen-bond acceptors (Lipinski definition) is 3. The number of rotatable bonds is 1. The molecule has 62 valence electrons. The lowest BCUT2D eigenvalue weighted by atomic mass is 10.2. The second kappa shape index (κ2) is 2.57. The maximum Gasteiger partial charge on any atom is 0.159 e. The number of hydrogen-bond donors (Lipinski definition) is 1. The average molecular weight is 162 g/mol. The van der Waals surface area contributed by atoms with Gasteiger partial charge in [-0.1, -0.05) is 0 Å². The van der Waals surface area contributed by atoms with Gasteiger partial charge in [-0.05, 0) is 11.6 Å². The summed E-state index contributed by atoms with van der Waals surface area (Å²) in [6, 6.07) is 1.90. The maximum absolute atomic E-state index is 5.55. The summed E-state index contributed by atoms with van der Waals surface area (Å²) < 4.78 is 1.88. The summed E-state index contributed by atoms with van der Waals surface area (Å²) >= 11 is 0. The molecule has 2 N–H and O–H groups in total. The molecule has 12 heavy (non-hydrogen) atoms. The zero-order valence-corrected chi connectivity index (χ0v) is 6.86. The number of imidazole rings is 1. The van der Waals surface area contributed by atoms with E-state index in [-0.39, 0.29) is 0 Å². The summed E-state index contributed by atoms with van der Waals surface area (Å²) in [5, 5.41) is 0. The fourth-order valence-electron chi connectivity index (χ4n) is 1.24. The molecule has 0 aliphatic heterocycles. The standard InChI is InChI=1S/C8H10N4/c1-12-5-11-7-6(4-9)2-3-10-8(7)12/h2-3,5H,4,9H2,1H3. The Bertz CT molecular complexity index is 404. The lowest BCUT2D eigenvalue weighted by molar-refractivity contribution is 0.930. The van der Waals surface area contributed by atoms with Gasteiger partial charge in [0.2, 0.25) is 0 Å². The van der Waals surface area contributed by atoms with Crippen molar-refractivity contribution >= 4 is 11.2 Å². The van der Waals surface area contributed by atoms with E-state index in [2.05, 4.69) is 9.97 Å². The highest BCUT2D eigenvalue weighted by Crippen LogP contribution is 2.12. The number of aromatic nitrogens is 3. The smallest absolute Gasteiger partial charge is 0.159 e. The summed E-state index contributed by atoms with van der Waals surface area (Å²) in [7, 11) is 1.92. The van der Waals surface area contributed by atoms with Crippen LogP contribution in [0.3, 0.4) is 0 Å². The van der Waals surface area contributed by atoms with Gasteiger partial charge in [0, 0.05) is 19.8 Å². The molecule has 0 aromatic carbocycles. The Morgan fingerprint density at radius 3 is 3.08 bits per heavy atom. The molecule has 0 saturated carbocycles. The topological polar surface area (TPSA) is 56.7 Å². The third-order valence-electron chi connectivity index (χ3n) is 1.90. The van der Waals surface area contributed by atoms with Crippen molar-refractivity contribution < 1.29 is 0 Å². The van der Waals surface area contributed by atoms with Gasteiger partial charge in [0.25, 0.3) is 0 Å². The normalized spacial score (nSPS) is 10.8. The minimum Gasteiger partial charge on any atom is -0.326 e. The molecule has 2 heterocycles. The average Bonchev–Trinajstić information content (AvgIpc) is 2.48. The van der Waals surface area contributed by atoms with Crippen molar-refractivity contribution in [2.75, 3.05) is 0 Å². The van der Waals surface area contributed by atoms with E-state index in [0.29, 0.717) is 6.54 Å². The molecular weight excluding hydrogens is 152 g/mol. The first-order valence-electron chi connectivity index (χ1n) is 3.78. The van der Waals surface area contributed by atoms with Crippen LogP contribution in [0.4, 0.5) is 0 Å². The first-order chi connectivity index (χ1) is 5.83. The Hall–Kier alpha value is -1.42. The largest absolute Gasteiger partial charge is 0.326 e. The van der Waals surface area contributed by atoms with E-state index in [1.165, 1.54) is 0 Å². The van der Waals surface area contributed by atoms with Crippen LogP contribution < -0.4 is 5.73 Å². The Labute approximate surface area is 70.0 Å². The van der Waals surface area contributed by atoms with Gasteiger partial charge in [0.05, 0.1) is 6.33 Å². The van der Waals surface area contributed by atoms with E-state index in [1.807, 2.05) is 17.7 Å². The molecule has 2 aromatic rings. The van der Waals surface area contributed by atoms with Gasteiger partial charge < -0.3 is 10.3 Å². The quantitative estimate of drug-likeness (QED) is 0.661. The third kappa shape index (κ3) is 0.887. The third-order valence-corrected chi connectivity index (χ3v) is 1.90. The van der Waals surface area contributed by atoms with Crippen molar-refractivity contribution in [3.05, 3.63) is 24.2 Å². The molecule has 0 bridgehead atoms. The molecule has 0 atom stereocenters. The Kier molecular flexibility index (Phi) is 1.55. The van der Waals surface area contributed by atoms with Crippen LogP contribution in [0.5, 0.6) is 0 Å². The van der Waals surface area contributed by atoms with Crippen molar-refractivity contribution in [1.29, 1.82) is 0 Å². The highest BCUT2D eigenvalue weighted by molar-refractivity contribution is 5.74. The van der Waals surface area contributed by atoms with Crippen LogP contribution in [0.1, 0.15) is 5.56 Å². The predicted octanol–water partition coefficient (Wildman–Crippen LogP) is 0.427. The van der Waals surface area contributed by atoms with E-state index in [9.17, 15) is 0 Å². The SMILES string of the molecule is Cn1cnc2c(CN)ccnc21. The van der Waals surface area contributed by atoms with Gasteiger partial charge in [0.15, 0.2) is 5.65 Å². The molecule has 2 aromatic heterocycles. The van der Waals surface area contributed by atoms with Gasteiger partial charge >= 0.3 is 0 Å². The highest BCUT2D eigenvalue weighted by atomic mass is 15.1. The van der Waals surface area contributed by atoms with Gasteiger partial charge in [-0.15, -0.1) is 0 Å². The van der Waals surface area contributed by atoms with E-state index in [0.717, 1.165) is 16.7 Å². The molecule has 0 aliphatic carbocycles. The number of aryl methyl sites for hydroxylation is 1. The highest BCUT2D eigenvalue weighted by Gasteiger charge is 2.03. The second-order valence-corrected chi connectivity index (χ2v) is 2.70. The van der Waals surface area contributed by atoms with E-state index in [4.69, 9.17) is 5.73 Å². The lowest BCUT2D eigenvalue weighted by Gasteiger charge is -1.97. The zero-order chi connectivity index (χ0) is 8.55. The van der Waals surface area contributed by atoms with E-state index >= 15 is 0 Å². The van der Waals surface area contributed by atoms with Gasteiger partial charge in [-0.2, -0.15) is 0 Å². The fourth-order valence-corrected chi connectivity index (χ4v) is 1.24. The van der Waals surface area contributed by atoms with Crippen molar-refractivity contribution in [3.8, 4) is 0 Å².